The zero-order valence-electron chi connectivity index (χ0n) is 26.4. The Kier molecular flexibility index (Phi) is 15.7. The Hall–Kier alpha value is -2.64. The Morgan fingerprint density at radius 3 is 2.59 bits per heavy atom. The molecule has 2 atom stereocenters. The second-order valence-corrected chi connectivity index (χ2v) is 14.0. The zero-order chi connectivity index (χ0) is 32.6. The second-order valence-electron chi connectivity index (χ2n) is 12.0. The van der Waals surface area contributed by atoms with Gasteiger partial charge in [0.1, 0.15) is 6.04 Å². The average Bonchev–Trinajstić information content (AvgIpc) is 3.61. The number of nitrogens with one attached hydrogen (secondary N) is 3. The van der Waals surface area contributed by atoms with E-state index in [0.717, 1.165) is 50.1 Å². The highest BCUT2D eigenvalue weighted by Crippen LogP contribution is 2.25. The summed E-state index contributed by atoms with van der Waals surface area (Å²) in [4.78, 5) is 45.3. The van der Waals surface area contributed by atoms with Crippen LogP contribution in [0, 0.1) is 5.92 Å². The van der Waals surface area contributed by atoms with Crippen molar-refractivity contribution < 1.29 is 23.3 Å². The Bertz CT molecular complexity index is 1250. The standard InChI is InChI=1S/C33H46ClN5O5S2/c34-28-14-4-5-15-30(28)44-33(42)38-18-19-39(29(24-38)31(40)37-23-27-13-8-20-45-27)32(41)25(22-36-26-11-2-1-3-12-26)10-6-7-16-35-17-9-21-46-43/h4-5,8,13-15,20,25-26,29,35-36H,1-3,6-7,9-12,16-19,21-24H2/p+1/t25?,29-/m0/s1. The predicted octanol–water partition coefficient (Wildman–Crippen LogP) is 4.85. The number of hydrogen-bond donors (Lipinski definition) is 3. The molecule has 1 unspecified atom stereocenters. The monoisotopic (exact) mass is 692 g/mol. The maximum Gasteiger partial charge on any atom is 0.458 e. The van der Waals surface area contributed by atoms with Gasteiger partial charge in [0.2, 0.25) is 17.6 Å². The second kappa shape index (κ2) is 19.9. The first-order valence-electron chi connectivity index (χ1n) is 16.5. The van der Waals surface area contributed by atoms with Crippen molar-refractivity contribution in [1.29, 1.82) is 0 Å². The van der Waals surface area contributed by atoms with Crippen LogP contribution in [0.25, 0.3) is 0 Å². The van der Waals surface area contributed by atoms with Gasteiger partial charge in [-0.3, -0.25) is 9.59 Å². The van der Waals surface area contributed by atoms with Crippen molar-refractivity contribution >= 4 is 52.5 Å². The number of halogens is 1. The first kappa shape index (κ1) is 36.2. The number of carbonyl (C=O) groups is 3. The summed E-state index contributed by atoms with van der Waals surface area (Å²) in [5, 5.41) is 12.3. The van der Waals surface area contributed by atoms with Crippen LogP contribution in [0.2, 0.25) is 5.02 Å². The van der Waals surface area contributed by atoms with Gasteiger partial charge < -0.3 is 30.5 Å². The van der Waals surface area contributed by atoms with Gasteiger partial charge in [0, 0.05) is 47.7 Å². The lowest BCUT2D eigenvalue weighted by Crippen LogP contribution is -2.63. The third-order valence-corrected chi connectivity index (χ3v) is 10.3. The molecule has 2 fully saturated rings. The van der Waals surface area contributed by atoms with Crippen LogP contribution in [-0.2, 0) is 32.0 Å². The Labute approximate surface area is 285 Å². The van der Waals surface area contributed by atoms with Crippen molar-refractivity contribution in [3.8, 4) is 5.75 Å². The molecule has 0 radical (unpaired) electrons. The fourth-order valence-electron chi connectivity index (χ4n) is 6.01. The Morgan fingerprint density at radius 1 is 1.02 bits per heavy atom. The van der Waals surface area contributed by atoms with Crippen molar-refractivity contribution in [3.63, 3.8) is 0 Å². The largest absolute Gasteiger partial charge is 0.458 e. The third kappa shape index (κ3) is 11.6. The summed E-state index contributed by atoms with van der Waals surface area (Å²) >= 11 is 8.38. The SMILES string of the molecule is O=[S+]CCCNCCCCC(CNC1CCCCC1)C(=O)N1CCN(C(=O)Oc2ccccc2Cl)C[C@H]1C(=O)NCc1cccs1. The van der Waals surface area contributed by atoms with E-state index in [1.807, 2.05) is 17.5 Å². The minimum absolute atomic E-state index is 0.0274. The van der Waals surface area contributed by atoms with Gasteiger partial charge in [-0.2, -0.15) is 0 Å². The molecule has 1 saturated heterocycles. The predicted molar refractivity (Wildman–Crippen MR) is 183 cm³/mol. The smallest absolute Gasteiger partial charge is 0.409 e. The summed E-state index contributed by atoms with van der Waals surface area (Å²) in [5.41, 5.74) is 0. The van der Waals surface area contributed by atoms with Crippen LogP contribution in [0.4, 0.5) is 4.79 Å². The molecule has 2 heterocycles. The quantitative estimate of drug-likeness (QED) is 0.160. The number of carbonyl (C=O) groups excluding carboxylic acids is 3. The lowest BCUT2D eigenvalue weighted by molar-refractivity contribution is -0.146. The molecule has 1 aromatic carbocycles. The first-order valence-corrected chi connectivity index (χ1v) is 18.6. The number of amides is 3. The topological polar surface area (TPSA) is 120 Å². The number of ether oxygens (including phenoxy) is 1. The van der Waals surface area contributed by atoms with Gasteiger partial charge in [-0.05, 0) is 55.8 Å². The molecular weight excluding hydrogens is 646 g/mol. The number of benzene rings is 1. The average molecular weight is 693 g/mol. The third-order valence-electron chi connectivity index (χ3n) is 8.62. The highest BCUT2D eigenvalue weighted by molar-refractivity contribution is 7.65. The van der Waals surface area contributed by atoms with Gasteiger partial charge in [-0.25, -0.2) is 4.79 Å². The molecule has 2 aliphatic rings. The molecule has 252 valence electrons. The number of piperazine rings is 1. The lowest BCUT2D eigenvalue weighted by Gasteiger charge is -2.41. The summed E-state index contributed by atoms with van der Waals surface area (Å²) in [5.74, 6) is 0.214. The number of para-hydroxylation sites is 1. The molecular formula is C33H47ClN5O5S2+. The van der Waals surface area contributed by atoms with Crippen LogP contribution in [0.5, 0.6) is 5.75 Å². The minimum Gasteiger partial charge on any atom is -0.409 e. The number of nitrogens with zero attached hydrogens (tertiary/aromatic N) is 2. The van der Waals surface area contributed by atoms with E-state index >= 15 is 0 Å². The van der Waals surface area contributed by atoms with Crippen molar-refractivity contribution in [3.05, 3.63) is 51.7 Å². The van der Waals surface area contributed by atoms with E-state index in [4.69, 9.17) is 16.3 Å². The molecule has 10 nitrogen and oxygen atoms in total. The minimum atomic E-state index is -0.849. The van der Waals surface area contributed by atoms with Crippen LogP contribution in [0.1, 0.15) is 62.7 Å². The van der Waals surface area contributed by atoms with Crippen molar-refractivity contribution in [1.82, 2.24) is 25.8 Å². The zero-order valence-corrected chi connectivity index (χ0v) is 28.8. The van der Waals surface area contributed by atoms with E-state index in [-0.39, 0.29) is 43.1 Å². The summed E-state index contributed by atoms with van der Waals surface area (Å²) in [6.07, 6.45) is 8.62. The van der Waals surface area contributed by atoms with Gasteiger partial charge in [0.05, 0.1) is 24.0 Å². The van der Waals surface area contributed by atoms with Gasteiger partial charge in [0.15, 0.2) is 5.75 Å². The van der Waals surface area contributed by atoms with Crippen molar-refractivity contribution in [2.45, 2.75) is 76.4 Å². The molecule has 3 N–H and O–H groups in total. The van der Waals surface area contributed by atoms with Crippen molar-refractivity contribution in [2.75, 3.05) is 45.0 Å². The fraction of sp³-hybridized carbons (Fsp3) is 0.606. The lowest BCUT2D eigenvalue weighted by atomic mass is 9.93. The molecule has 3 amide bonds. The highest BCUT2D eigenvalue weighted by Gasteiger charge is 2.40. The molecule has 1 aliphatic heterocycles. The first-order chi connectivity index (χ1) is 22.5. The summed E-state index contributed by atoms with van der Waals surface area (Å²) < 4.78 is 16.2. The van der Waals surface area contributed by atoms with Crippen LogP contribution in [0.15, 0.2) is 41.8 Å². The van der Waals surface area contributed by atoms with E-state index in [1.165, 1.54) is 24.2 Å². The molecule has 0 spiro atoms. The molecule has 1 aliphatic carbocycles. The van der Waals surface area contributed by atoms with Crippen molar-refractivity contribution in [2.24, 2.45) is 5.92 Å². The van der Waals surface area contributed by atoms with E-state index in [0.29, 0.717) is 48.0 Å². The van der Waals surface area contributed by atoms with Crippen LogP contribution >= 0.6 is 22.9 Å². The summed E-state index contributed by atoms with van der Waals surface area (Å²) in [7, 11) is 0. The summed E-state index contributed by atoms with van der Waals surface area (Å²) in [6, 6.07) is 10.2. The number of rotatable bonds is 17. The molecule has 13 heteroatoms. The molecule has 4 rings (SSSR count). The van der Waals surface area contributed by atoms with Crippen LogP contribution in [0.3, 0.4) is 0 Å². The van der Waals surface area contributed by atoms with Gasteiger partial charge >= 0.3 is 17.8 Å². The molecule has 1 aromatic heterocycles. The van der Waals surface area contributed by atoms with E-state index in [1.54, 1.807) is 40.5 Å². The fourth-order valence-corrected chi connectivity index (χ4v) is 7.09. The van der Waals surface area contributed by atoms with Crippen LogP contribution < -0.4 is 20.7 Å². The Morgan fingerprint density at radius 2 is 1.83 bits per heavy atom. The maximum absolute atomic E-state index is 14.3. The maximum atomic E-state index is 14.3. The molecule has 2 aromatic rings. The van der Waals surface area contributed by atoms with Gasteiger partial charge in [0.25, 0.3) is 0 Å². The highest BCUT2D eigenvalue weighted by atomic mass is 35.5. The summed E-state index contributed by atoms with van der Waals surface area (Å²) in [6.45, 7) is 3.07. The van der Waals surface area contributed by atoms with E-state index < -0.39 is 12.1 Å². The normalized spacial score (nSPS) is 17.8. The van der Waals surface area contributed by atoms with E-state index in [2.05, 4.69) is 16.0 Å². The van der Waals surface area contributed by atoms with Gasteiger partial charge in [-0.1, -0.05) is 55.5 Å². The van der Waals surface area contributed by atoms with Crippen LogP contribution in [-0.4, -0.2) is 84.8 Å². The molecule has 0 bridgehead atoms. The number of hydrogen-bond acceptors (Lipinski definition) is 8. The van der Waals surface area contributed by atoms with E-state index in [9.17, 15) is 18.6 Å². The molecule has 1 saturated carbocycles. The van der Waals surface area contributed by atoms with Gasteiger partial charge in [-0.15, -0.1) is 11.3 Å². The Balaban J connectivity index is 1.43. The molecule has 46 heavy (non-hydrogen) atoms. The number of unbranched alkanes of at least 4 members (excludes halogenated alkanes) is 1. The number of thiophene rings is 1.